The summed E-state index contributed by atoms with van der Waals surface area (Å²) < 4.78 is 55.1. The highest BCUT2D eigenvalue weighted by Gasteiger charge is 2.50. The summed E-state index contributed by atoms with van der Waals surface area (Å²) in [5, 5.41) is 19.9. The fourth-order valence-electron chi connectivity index (χ4n) is 8.82. The van der Waals surface area contributed by atoms with Gasteiger partial charge >= 0.3 is 6.01 Å². The molecule has 3 aromatic carbocycles. The lowest BCUT2D eigenvalue weighted by Crippen LogP contribution is -2.56. The van der Waals surface area contributed by atoms with Gasteiger partial charge in [-0.1, -0.05) is 12.0 Å². The minimum absolute atomic E-state index is 0.0299. The second-order valence-corrected chi connectivity index (χ2v) is 13.7. The number of carbonyl (C=O) groups excluding carboxylic acids is 1. The number of halogens is 3. The fraction of sp³-hybridized carbons (Fsp3) is 0.389. The van der Waals surface area contributed by atoms with Crippen molar-refractivity contribution in [3.8, 4) is 35.2 Å². The summed E-state index contributed by atoms with van der Waals surface area (Å²) in [6, 6.07) is 4.75. The number of fused-ring (bicyclic) bond motifs is 7. The molecule has 4 fully saturated rings. The average molecular weight is 668 g/mol. The van der Waals surface area contributed by atoms with E-state index in [-0.39, 0.29) is 63.4 Å². The molecule has 0 aliphatic carbocycles. The van der Waals surface area contributed by atoms with Crippen molar-refractivity contribution in [2.24, 2.45) is 7.05 Å². The first-order valence-electron chi connectivity index (χ1n) is 16.5. The normalized spacial score (nSPS) is 25.0. The molecule has 0 radical (unpaired) electrons. The molecule has 1 amide bonds. The lowest BCUT2D eigenvalue weighted by molar-refractivity contribution is -0.122. The van der Waals surface area contributed by atoms with Gasteiger partial charge in [0.15, 0.2) is 5.82 Å². The van der Waals surface area contributed by atoms with Gasteiger partial charge in [-0.25, -0.2) is 13.2 Å². The smallest absolute Gasteiger partial charge is 0.319 e. The number of nitrogens with zero attached hydrogens (tertiary/aromatic N) is 6. The topological polar surface area (TPSA) is 109 Å². The van der Waals surface area contributed by atoms with Crippen LogP contribution in [0.3, 0.4) is 0 Å². The highest BCUT2D eigenvalue weighted by atomic mass is 19.1. The summed E-state index contributed by atoms with van der Waals surface area (Å²) in [5.74, 6) is 0.966. The maximum Gasteiger partial charge on any atom is 0.319 e. The molecule has 5 aromatic rings. The van der Waals surface area contributed by atoms with Crippen molar-refractivity contribution in [1.82, 2.24) is 30.0 Å². The molecule has 4 saturated heterocycles. The molecule has 13 heteroatoms. The van der Waals surface area contributed by atoms with Crippen molar-refractivity contribution < 1.29 is 27.8 Å². The Morgan fingerprint density at radius 1 is 1.18 bits per heavy atom. The molecule has 4 atom stereocenters. The number of anilines is 1. The Kier molecular flexibility index (Phi) is 6.55. The molecule has 0 saturated carbocycles. The van der Waals surface area contributed by atoms with Gasteiger partial charge in [-0.05, 0) is 61.4 Å². The van der Waals surface area contributed by atoms with Crippen molar-refractivity contribution in [2.75, 3.05) is 31.1 Å². The van der Waals surface area contributed by atoms with E-state index in [1.807, 2.05) is 4.90 Å². The van der Waals surface area contributed by atoms with Crippen molar-refractivity contribution in [2.45, 2.75) is 55.9 Å². The van der Waals surface area contributed by atoms with Gasteiger partial charge in [0.2, 0.25) is 5.91 Å². The van der Waals surface area contributed by atoms with Crippen molar-refractivity contribution in [3.63, 3.8) is 0 Å². The van der Waals surface area contributed by atoms with Gasteiger partial charge < -0.3 is 20.1 Å². The molecule has 9 rings (SSSR count). The molecule has 2 unspecified atom stereocenters. The molecule has 2 N–H and O–H groups in total. The summed E-state index contributed by atoms with van der Waals surface area (Å²) in [6.07, 6.45) is 9.87. The number of phenolic OH excluding ortho intramolecular Hbond substituents is 1. The van der Waals surface area contributed by atoms with Gasteiger partial charge in [-0.15, -0.1) is 6.42 Å². The first-order chi connectivity index (χ1) is 23.7. The van der Waals surface area contributed by atoms with Crippen molar-refractivity contribution >= 4 is 44.3 Å². The van der Waals surface area contributed by atoms with E-state index >= 15 is 8.78 Å². The number of terminal acetylenes is 1. The van der Waals surface area contributed by atoms with Crippen molar-refractivity contribution in [3.05, 3.63) is 47.7 Å². The van der Waals surface area contributed by atoms with Crippen LogP contribution in [0.5, 0.6) is 11.8 Å². The monoisotopic (exact) mass is 667 g/mol. The third kappa shape index (κ3) is 4.39. The molecule has 49 heavy (non-hydrogen) atoms. The van der Waals surface area contributed by atoms with E-state index in [1.165, 1.54) is 28.9 Å². The standard InChI is InChI=1S/C36H32F3N7O3/c1-3-22-25(38)7-5-18-11-21(47)12-23(27(18)22)28-30(39)32-29(24-16-44(2)43-31(24)28)33(46-20-6-8-26(46)34(48)40-14-20)42-35(41-32)49-17-36-9-4-10-45(36)15-19(37)13-36/h1,5,7,11-12,16,19-20,26,47H,4,6,8-10,13-15,17H2,2H3,(H,40,48)/t19-,20?,26?,36+/m1/s1. The number of amides is 1. The van der Waals surface area contributed by atoms with Crippen LogP contribution < -0.4 is 15.0 Å². The number of aromatic nitrogens is 4. The van der Waals surface area contributed by atoms with E-state index in [0.717, 1.165) is 25.8 Å². The predicted molar refractivity (Wildman–Crippen MR) is 177 cm³/mol. The van der Waals surface area contributed by atoms with E-state index in [9.17, 15) is 14.3 Å². The molecule has 4 aliphatic heterocycles. The van der Waals surface area contributed by atoms with E-state index in [2.05, 4.69) is 26.2 Å². The van der Waals surface area contributed by atoms with Gasteiger partial charge in [0.25, 0.3) is 0 Å². The zero-order valence-corrected chi connectivity index (χ0v) is 26.6. The van der Waals surface area contributed by atoms with E-state index in [1.54, 1.807) is 13.2 Å². The Bertz CT molecular complexity index is 2290. The molecule has 2 bridgehead atoms. The third-order valence-electron chi connectivity index (χ3n) is 10.9. The number of aryl methyl sites for hydroxylation is 1. The zero-order valence-electron chi connectivity index (χ0n) is 26.6. The highest BCUT2D eigenvalue weighted by Crippen LogP contribution is 2.47. The van der Waals surface area contributed by atoms with E-state index < -0.39 is 29.4 Å². The summed E-state index contributed by atoms with van der Waals surface area (Å²) in [6.45, 7) is 1.64. The highest BCUT2D eigenvalue weighted by molar-refractivity contribution is 6.18. The van der Waals surface area contributed by atoms with Crippen LogP contribution in [0.2, 0.25) is 0 Å². The molecule has 6 heterocycles. The van der Waals surface area contributed by atoms with Crippen LogP contribution in [0.1, 0.15) is 37.7 Å². The van der Waals surface area contributed by atoms with Crippen LogP contribution in [0.15, 0.2) is 30.5 Å². The zero-order chi connectivity index (χ0) is 33.8. The third-order valence-corrected chi connectivity index (χ3v) is 10.9. The number of phenols is 1. The van der Waals surface area contributed by atoms with Crippen LogP contribution in [0.4, 0.5) is 19.0 Å². The maximum absolute atomic E-state index is 17.5. The second kappa shape index (κ2) is 10.7. The molecule has 2 aromatic heterocycles. The molecule has 250 valence electrons. The number of ether oxygens (including phenoxy) is 1. The van der Waals surface area contributed by atoms with Gasteiger partial charge in [-0.2, -0.15) is 15.1 Å². The molecule has 10 nitrogen and oxygen atoms in total. The van der Waals surface area contributed by atoms with E-state index in [0.29, 0.717) is 47.9 Å². The van der Waals surface area contributed by atoms with Gasteiger partial charge in [0, 0.05) is 55.1 Å². The van der Waals surface area contributed by atoms with Crippen LogP contribution in [-0.2, 0) is 11.8 Å². The van der Waals surface area contributed by atoms with Crippen LogP contribution in [0.25, 0.3) is 43.7 Å². The van der Waals surface area contributed by atoms with Gasteiger partial charge in [0.05, 0.1) is 16.5 Å². The Morgan fingerprint density at radius 2 is 2.04 bits per heavy atom. The fourth-order valence-corrected chi connectivity index (χ4v) is 8.82. The van der Waals surface area contributed by atoms with Crippen LogP contribution >= 0.6 is 0 Å². The lowest BCUT2D eigenvalue weighted by atomic mass is 9.91. The minimum Gasteiger partial charge on any atom is -0.508 e. The van der Waals surface area contributed by atoms with E-state index in [4.69, 9.17) is 16.1 Å². The number of hydrogen-bond acceptors (Lipinski definition) is 8. The number of piperazine rings is 1. The summed E-state index contributed by atoms with van der Waals surface area (Å²) >= 11 is 0. The first kappa shape index (κ1) is 30.0. The predicted octanol–water partition coefficient (Wildman–Crippen LogP) is 4.72. The number of rotatable bonds is 5. The second-order valence-electron chi connectivity index (χ2n) is 13.7. The van der Waals surface area contributed by atoms with Gasteiger partial charge in [0.1, 0.15) is 47.2 Å². The summed E-state index contributed by atoms with van der Waals surface area (Å²) in [4.78, 5) is 26.7. The Labute approximate surface area is 278 Å². The molecular formula is C36H32F3N7O3. The Morgan fingerprint density at radius 3 is 2.88 bits per heavy atom. The van der Waals surface area contributed by atoms with Crippen molar-refractivity contribution in [1.29, 1.82) is 0 Å². The maximum atomic E-state index is 17.5. The van der Waals surface area contributed by atoms with Gasteiger partial charge in [-0.3, -0.25) is 14.4 Å². The quantitative estimate of drug-likeness (QED) is 0.260. The molecule has 0 spiro atoms. The summed E-state index contributed by atoms with van der Waals surface area (Å²) in [7, 11) is 1.70. The number of aromatic hydroxyl groups is 1. The first-order valence-corrected chi connectivity index (χ1v) is 16.5. The lowest BCUT2D eigenvalue weighted by Gasteiger charge is -2.36. The molecule has 4 aliphatic rings. The minimum atomic E-state index is -0.965. The number of carbonyl (C=O) groups is 1. The van der Waals surface area contributed by atoms with Crippen LogP contribution in [0, 0.1) is 24.0 Å². The summed E-state index contributed by atoms with van der Waals surface area (Å²) in [5.41, 5.74) is -0.341. The Hall–Kier alpha value is -5.09. The Balaban J connectivity index is 1.32. The number of nitrogens with one attached hydrogen (secondary N) is 1. The number of hydrogen-bond donors (Lipinski definition) is 2. The number of benzene rings is 3. The SMILES string of the molecule is C#Cc1c(F)ccc2cc(O)cc(-c3c(F)c4nc(OC[C@@]56CCCN5C[C@H](F)C6)nc(N5C6CCC5C(=O)NC6)c4c4cn(C)nc34)c12. The number of alkyl halides is 1. The largest absolute Gasteiger partial charge is 0.508 e. The average Bonchev–Trinajstić information content (AvgIpc) is 3.81. The van der Waals surface area contributed by atoms with Crippen LogP contribution in [-0.4, -0.2) is 85.7 Å². The molecular weight excluding hydrogens is 635 g/mol.